The topological polar surface area (TPSA) is 123 Å². The number of aliphatic hydroxyl groups is 3. The van der Waals surface area contributed by atoms with Gasteiger partial charge < -0.3 is 29.5 Å². The van der Waals surface area contributed by atoms with Gasteiger partial charge in [0.15, 0.2) is 12.4 Å². The van der Waals surface area contributed by atoms with Crippen molar-refractivity contribution in [2.24, 2.45) is 0 Å². The zero-order valence-electron chi connectivity index (χ0n) is 14.8. The van der Waals surface area contributed by atoms with Gasteiger partial charge in [-0.3, -0.25) is 0 Å². The van der Waals surface area contributed by atoms with Crippen molar-refractivity contribution in [1.29, 1.82) is 0 Å². The highest BCUT2D eigenvalue weighted by Crippen LogP contribution is 2.24. The van der Waals surface area contributed by atoms with Crippen molar-refractivity contribution in [3.05, 3.63) is 71.8 Å². The monoisotopic (exact) mass is 388 g/mol. The predicted molar refractivity (Wildman–Crippen MR) is 95.3 cm³/mol. The summed E-state index contributed by atoms with van der Waals surface area (Å²) in [4.78, 5) is 24.4. The first-order chi connectivity index (χ1) is 13.5. The number of hydrogen-bond acceptors (Lipinski definition) is 8. The minimum atomic E-state index is -1.72. The summed E-state index contributed by atoms with van der Waals surface area (Å²) in [5.41, 5.74) is 0.535. The van der Waals surface area contributed by atoms with Crippen molar-refractivity contribution in [3.63, 3.8) is 0 Å². The fraction of sp³-hybridized carbons (Fsp3) is 0.300. The van der Waals surface area contributed by atoms with Crippen molar-refractivity contribution >= 4 is 11.9 Å². The van der Waals surface area contributed by atoms with Crippen LogP contribution in [0.25, 0.3) is 0 Å². The third-order valence-corrected chi connectivity index (χ3v) is 4.30. The molecule has 2 aromatic rings. The molecular weight excluding hydrogens is 368 g/mol. The standard InChI is InChI=1S/C20H20O8/c21-15-16(22)20(25)27-14(11-26-18(23)12-7-3-1-4-8-12)17(15)28-19(24)13-9-5-2-6-10-13/h1-10,14-17,20-22,25H,11H2/t14-,15-,16-,17+,20-/m1/s1. The zero-order chi connectivity index (χ0) is 20.1. The lowest BCUT2D eigenvalue weighted by atomic mass is 9.99. The molecule has 0 spiro atoms. The number of benzene rings is 2. The van der Waals surface area contributed by atoms with E-state index in [0.29, 0.717) is 5.56 Å². The highest BCUT2D eigenvalue weighted by Gasteiger charge is 2.46. The Morgan fingerprint density at radius 1 is 0.821 bits per heavy atom. The molecular formula is C20H20O8. The number of carbonyl (C=O) groups excluding carboxylic acids is 2. The second-order valence-electron chi connectivity index (χ2n) is 6.25. The van der Waals surface area contributed by atoms with Crippen LogP contribution < -0.4 is 0 Å². The van der Waals surface area contributed by atoms with E-state index in [4.69, 9.17) is 14.2 Å². The average Bonchev–Trinajstić information content (AvgIpc) is 2.73. The maximum atomic E-state index is 12.3. The van der Waals surface area contributed by atoms with E-state index in [-0.39, 0.29) is 5.56 Å². The quantitative estimate of drug-likeness (QED) is 0.633. The number of carbonyl (C=O) groups is 2. The molecule has 0 saturated carbocycles. The minimum Gasteiger partial charge on any atom is -0.459 e. The van der Waals surface area contributed by atoms with E-state index in [1.807, 2.05) is 0 Å². The van der Waals surface area contributed by atoms with Gasteiger partial charge in [-0.1, -0.05) is 36.4 Å². The number of aliphatic hydroxyl groups excluding tert-OH is 3. The first-order valence-electron chi connectivity index (χ1n) is 8.65. The Morgan fingerprint density at radius 3 is 1.93 bits per heavy atom. The van der Waals surface area contributed by atoms with Gasteiger partial charge in [0.25, 0.3) is 0 Å². The van der Waals surface area contributed by atoms with Crippen LogP contribution in [0.15, 0.2) is 60.7 Å². The van der Waals surface area contributed by atoms with Crippen LogP contribution in [0.4, 0.5) is 0 Å². The predicted octanol–water partition coefficient (Wildman–Crippen LogP) is 0.508. The van der Waals surface area contributed by atoms with Crippen LogP contribution in [0.1, 0.15) is 20.7 Å². The fourth-order valence-corrected chi connectivity index (χ4v) is 2.78. The van der Waals surface area contributed by atoms with Gasteiger partial charge in [-0.25, -0.2) is 9.59 Å². The Labute approximate surface area is 160 Å². The molecule has 0 aromatic heterocycles. The number of hydrogen-bond donors (Lipinski definition) is 3. The van der Waals surface area contributed by atoms with Gasteiger partial charge in [0.05, 0.1) is 11.1 Å². The highest BCUT2D eigenvalue weighted by atomic mass is 16.7. The van der Waals surface area contributed by atoms with E-state index >= 15 is 0 Å². The van der Waals surface area contributed by atoms with E-state index < -0.39 is 49.3 Å². The summed E-state index contributed by atoms with van der Waals surface area (Å²) >= 11 is 0. The van der Waals surface area contributed by atoms with Crippen molar-refractivity contribution in [2.45, 2.75) is 30.7 Å². The normalized spacial score (nSPS) is 27.0. The third-order valence-electron chi connectivity index (χ3n) is 4.30. The number of esters is 2. The summed E-state index contributed by atoms with van der Waals surface area (Å²) in [5.74, 6) is -1.40. The molecule has 8 nitrogen and oxygen atoms in total. The van der Waals surface area contributed by atoms with Crippen LogP contribution in [0, 0.1) is 0 Å². The maximum absolute atomic E-state index is 12.3. The molecule has 8 heteroatoms. The molecule has 1 aliphatic heterocycles. The molecule has 0 unspecified atom stereocenters. The highest BCUT2D eigenvalue weighted by molar-refractivity contribution is 5.90. The summed E-state index contributed by atoms with van der Waals surface area (Å²) in [6.45, 7) is -0.401. The Hall–Kier alpha value is -2.78. The van der Waals surface area contributed by atoms with Crippen molar-refractivity contribution in [3.8, 4) is 0 Å². The van der Waals surface area contributed by atoms with E-state index in [1.54, 1.807) is 48.5 Å². The molecule has 0 aliphatic carbocycles. The molecule has 0 bridgehead atoms. The summed E-state index contributed by atoms with van der Waals surface area (Å²) in [6.07, 6.45) is -7.56. The molecule has 0 amide bonds. The molecule has 2 aromatic carbocycles. The molecule has 1 heterocycles. The third kappa shape index (κ3) is 4.55. The molecule has 0 radical (unpaired) electrons. The van der Waals surface area contributed by atoms with Gasteiger partial charge in [-0.15, -0.1) is 0 Å². The lowest BCUT2D eigenvalue weighted by Crippen LogP contribution is -2.60. The number of ether oxygens (including phenoxy) is 3. The van der Waals surface area contributed by atoms with Crippen molar-refractivity contribution in [1.82, 2.24) is 0 Å². The summed E-state index contributed by atoms with van der Waals surface area (Å²) in [6, 6.07) is 16.3. The van der Waals surface area contributed by atoms with Gasteiger partial charge in [0, 0.05) is 0 Å². The molecule has 5 atom stereocenters. The van der Waals surface area contributed by atoms with Crippen LogP contribution in [0.5, 0.6) is 0 Å². The fourth-order valence-electron chi connectivity index (χ4n) is 2.78. The first kappa shape index (κ1) is 20.0. The SMILES string of the molecule is O=C(OC[C@H]1O[C@@H](O)[C@H](O)[C@@H](O)[C@H]1OC(=O)c1ccccc1)c1ccccc1. The maximum Gasteiger partial charge on any atom is 0.338 e. The van der Waals surface area contributed by atoms with E-state index in [2.05, 4.69) is 0 Å². The Morgan fingerprint density at radius 2 is 1.36 bits per heavy atom. The zero-order valence-corrected chi connectivity index (χ0v) is 14.8. The first-order valence-corrected chi connectivity index (χ1v) is 8.65. The van der Waals surface area contributed by atoms with Crippen LogP contribution in [-0.4, -0.2) is 64.6 Å². The van der Waals surface area contributed by atoms with E-state index in [1.165, 1.54) is 12.1 Å². The average molecular weight is 388 g/mol. The molecule has 1 aliphatic rings. The molecule has 3 N–H and O–H groups in total. The lowest BCUT2D eigenvalue weighted by molar-refractivity contribution is -0.285. The minimum absolute atomic E-state index is 0.232. The lowest BCUT2D eigenvalue weighted by Gasteiger charge is -2.39. The summed E-state index contributed by atoms with van der Waals surface area (Å²) in [5, 5.41) is 29.9. The van der Waals surface area contributed by atoms with Crippen molar-refractivity contribution in [2.75, 3.05) is 6.61 Å². The largest absolute Gasteiger partial charge is 0.459 e. The smallest absolute Gasteiger partial charge is 0.338 e. The van der Waals surface area contributed by atoms with Gasteiger partial charge in [-0.2, -0.15) is 0 Å². The molecule has 1 saturated heterocycles. The number of rotatable bonds is 5. The summed E-state index contributed by atoms with van der Waals surface area (Å²) in [7, 11) is 0. The molecule has 28 heavy (non-hydrogen) atoms. The molecule has 148 valence electrons. The van der Waals surface area contributed by atoms with Crippen LogP contribution >= 0.6 is 0 Å². The Balaban J connectivity index is 1.70. The van der Waals surface area contributed by atoms with Crippen molar-refractivity contribution < 1.29 is 39.1 Å². The van der Waals surface area contributed by atoms with Crippen LogP contribution in [0.3, 0.4) is 0 Å². The Kier molecular flexibility index (Phi) is 6.37. The summed E-state index contributed by atoms with van der Waals surface area (Å²) < 4.78 is 15.6. The molecule has 1 fully saturated rings. The van der Waals surface area contributed by atoms with E-state index in [9.17, 15) is 24.9 Å². The molecule has 3 rings (SSSR count). The second kappa shape index (κ2) is 8.94. The van der Waals surface area contributed by atoms with Gasteiger partial charge in [-0.05, 0) is 24.3 Å². The second-order valence-corrected chi connectivity index (χ2v) is 6.25. The van der Waals surface area contributed by atoms with Gasteiger partial charge >= 0.3 is 11.9 Å². The van der Waals surface area contributed by atoms with Crippen LogP contribution in [-0.2, 0) is 14.2 Å². The Bertz CT molecular complexity index is 794. The van der Waals surface area contributed by atoms with Gasteiger partial charge in [0.2, 0.25) is 0 Å². The van der Waals surface area contributed by atoms with E-state index in [0.717, 1.165) is 0 Å². The van der Waals surface area contributed by atoms with Gasteiger partial charge in [0.1, 0.15) is 24.9 Å². The van der Waals surface area contributed by atoms with Crippen LogP contribution in [0.2, 0.25) is 0 Å².